The van der Waals surface area contributed by atoms with Crippen LogP contribution in [0.25, 0.3) is 0 Å². The number of pyridine rings is 1. The molecule has 2 N–H and O–H groups in total. The highest BCUT2D eigenvalue weighted by molar-refractivity contribution is 9.10. The van der Waals surface area contributed by atoms with Crippen molar-refractivity contribution >= 4 is 27.7 Å². The molecule has 2 rings (SSSR count). The van der Waals surface area contributed by atoms with Crippen molar-refractivity contribution in [2.24, 2.45) is 0 Å². The summed E-state index contributed by atoms with van der Waals surface area (Å²) >= 11 is 3.29. The Morgan fingerprint density at radius 1 is 1.05 bits per heavy atom. The number of rotatable bonds is 3. The minimum atomic E-state index is -0.430. The fourth-order valence-corrected chi connectivity index (χ4v) is 2.11. The molecule has 2 amide bonds. The van der Waals surface area contributed by atoms with Crippen LogP contribution in [-0.2, 0) is 0 Å². The van der Waals surface area contributed by atoms with E-state index in [4.69, 9.17) is 4.74 Å². The van der Waals surface area contributed by atoms with Crippen LogP contribution in [0, 0.1) is 0 Å². The fraction of sp³-hybridized carbons (Fsp3) is 0.0714. The van der Waals surface area contributed by atoms with Crippen molar-refractivity contribution in [1.82, 2.24) is 15.8 Å². The van der Waals surface area contributed by atoms with Crippen molar-refractivity contribution in [3.8, 4) is 5.75 Å². The first-order valence-electron chi connectivity index (χ1n) is 5.96. The summed E-state index contributed by atoms with van der Waals surface area (Å²) in [5.74, 6) is -0.230. The summed E-state index contributed by atoms with van der Waals surface area (Å²) in [4.78, 5) is 27.5. The molecule has 1 heterocycles. The summed E-state index contributed by atoms with van der Waals surface area (Å²) in [5.41, 5.74) is 5.46. The molecular formula is C14H12BrN3O3. The smallest absolute Gasteiger partial charge is 0.269 e. The number of amides is 2. The van der Waals surface area contributed by atoms with Gasteiger partial charge in [0.25, 0.3) is 11.8 Å². The maximum Gasteiger partial charge on any atom is 0.269 e. The quantitative estimate of drug-likeness (QED) is 0.829. The number of hydrogen-bond donors (Lipinski definition) is 2. The van der Waals surface area contributed by atoms with Crippen LogP contribution in [0.1, 0.15) is 20.7 Å². The Morgan fingerprint density at radius 3 is 2.24 bits per heavy atom. The molecule has 0 unspecified atom stereocenters. The van der Waals surface area contributed by atoms with Gasteiger partial charge in [0.2, 0.25) is 0 Å². The molecule has 0 aliphatic rings. The van der Waals surface area contributed by atoms with Gasteiger partial charge >= 0.3 is 0 Å². The van der Waals surface area contributed by atoms with E-state index in [1.165, 1.54) is 19.5 Å². The first-order valence-corrected chi connectivity index (χ1v) is 6.75. The highest BCUT2D eigenvalue weighted by Crippen LogP contribution is 2.25. The van der Waals surface area contributed by atoms with Crippen LogP contribution in [0.15, 0.2) is 47.2 Å². The van der Waals surface area contributed by atoms with Crippen LogP contribution >= 0.6 is 15.9 Å². The van der Waals surface area contributed by atoms with E-state index in [1.807, 2.05) is 0 Å². The Hall–Kier alpha value is -2.41. The van der Waals surface area contributed by atoms with Crippen molar-refractivity contribution < 1.29 is 14.3 Å². The molecule has 1 aromatic heterocycles. The molecule has 0 spiro atoms. The second-order valence-electron chi connectivity index (χ2n) is 3.99. The second-order valence-corrected chi connectivity index (χ2v) is 4.85. The highest BCUT2D eigenvalue weighted by Gasteiger charge is 2.10. The Kier molecular flexibility index (Phi) is 4.89. The fourth-order valence-electron chi connectivity index (χ4n) is 1.57. The van der Waals surface area contributed by atoms with Crippen molar-refractivity contribution in [1.29, 1.82) is 0 Å². The molecule has 0 aliphatic heterocycles. The van der Waals surface area contributed by atoms with Crippen LogP contribution in [-0.4, -0.2) is 23.9 Å². The maximum absolute atomic E-state index is 11.9. The molecule has 0 saturated carbocycles. The molecule has 0 aliphatic carbocycles. The zero-order chi connectivity index (χ0) is 15.2. The van der Waals surface area contributed by atoms with Gasteiger partial charge < -0.3 is 4.74 Å². The minimum absolute atomic E-state index is 0.387. The predicted molar refractivity (Wildman–Crippen MR) is 79.9 cm³/mol. The van der Waals surface area contributed by atoms with Gasteiger partial charge in [-0.25, -0.2) is 0 Å². The van der Waals surface area contributed by atoms with E-state index in [0.717, 1.165) is 0 Å². The Bertz CT molecular complexity index is 662. The molecule has 0 atom stereocenters. The lowest BCUT2D eigenvalue weighted by Gasteiger charge is -2.09. The summed E-state index contributed by atoms with van der Waals surface area (Å²) in [5, 5.41) is 0. The van der Waals surface area contributed by atoms with Gasteiger partial charge in [-0.1, -0.05) is 0 Å². The number of hydrogen-bond acceptors (Lipinski definition) is 4. The van der Waals surface area contributed by atoms with Crippen molar-refractivity contribution in [2.75, 3.05) is 7.11 Å². The molecular weight excluding hydrogens is 338 g/mol. The van der Waals surface area contributed by atoms with Gasteiger partial charge in [-0.05, 0) is 46.3 Å². The molecule has 21 heavy (non-hydrogen) atoms. The number of nitrogens with one attached hydrogen (secondary N) is 2. The van der Waals surface area contributed by atoms with Gasteiger partial charge in [0.1, 0.15) is 5.75 Å². The number of hydrazine groups is 1. The van der Waals surface area contributed by atoms with E-state index in [-0.39, 0.29) is 0 Å². The van der Waals surface area contributed by atoms with Crippen molar-refractivity contribution in [2.45, 2.75) is 0 Å². The molecule has 7 heteroatoms. The predicted octanol–water partition coefficient (Wildman–Crippen LogP) is 1.93. The van der Waals surface area contributed by atoms with Crippen LogP contribution in [0.4, 0.5) is 0 Å². The van der Waals surface area contributed by atoms with Gasteiger partial charge in [-0.2, -0.15) is 0 Å². The number of carbonyl (C=O) groups is 2. The SMILES string of the molecule is COc1ccc(C(=O)NNC(=O)c2ccncc2)cc1Br. The number of halogens is 1. The summed E-state index contributed by atoms with van der Waals surface area (Å²) in [7, 11) is 1.54. The number of carbonyl (C=O) groups excluding carboxylic acids is 2. The second kappa shape index (κ2) is 6.85. The number of benzene rings is 1. The Balaban J connectivity index is 1.99. The lowest BCUT2D eigenvalue weighted by atomic mass is 10.2. The number of ether oxygens (including phenoxy) is 1. The number of nitrogens with zero attached hydrogens (tertiary/aromatic N) is 1. The Labute approximate surface area is 129 Å². The van der Waals surface area contributed by atoms with Gasteiger partial charge in [-0.3, -0.25) is 25.4 Å². The largest absolute Gasteiger partial charge is 0.496 e. The van der Waals surface area contributed by atoms with E-state index >= 15 is 0 Å². The topological polar surface area (TPSA) is 80.3 Å². The molecule has 0 fully saturated rings. The molecule has 0 radical (unpaired) electrons. The zero-order valence-corrected chi connectivity index (χ0v) is 12.7. The third-order valence-electron chi connectivity index (χ3n) is 2.65. The van der Waals surface area contributed by atoms with Crippen LogP contribution in [0.3, 0.4) is 0 Å². The maximum atomic E-state index is 11.9. The lowest BCUT2D eigenvalue weighted by Crippen LogP contribution is -2.41. The van der Waals surface area contributed by atoms with Crippen molar-refractivity contribution in [3.05, 3.63) is 58.3 Å². The average molecular weight is 350 g/mol. The normalized spacial score (nSPS) is 9.81. The third-order valence-corrected chi connectivity index (χ3v) is 3.27. The molecule has 2 aromatic rings. The van der Waals surface area contributed by atoms with Gasteiger partial charge in [0, 0.05) is 23.5 Å². The summed E-state index contributed by atoms with van der Waals surface area (Å²) < 4.78 is 5.73. The first-order chi connectivity index (χ1) is 10.1. The van der Waals surface area contributed by atoms with Gasteiger partial charge in [0.05, 0.1) is 11.6 Å². The summed E-state index contributed by atoms with van der Waals surface area (Å²) in [6.45, 7) is 0. The van der Waals surface area contributed by atoms with E-state index < -0.39 is 11.8 Å². The summed E-state index contributed by atoms with van der Waals surface area (Å²) in [6, 6.07) is 7.95. The molecule has 0 saturated heterocycles. The lowest BCUT2D eigenvalue weighted by molar-refractivity contribution is 0.0846. The van der Waals surface area contributed by atoms with Crippen molar-refractivity contribution in [3.63, 3.8) is 0 Å². The zero-order valence-electron chi connectivity index (χ0n) is 11.1. The molecule has 6 nitrogen and oxygen atoms in total. The van der Waals surface area contributed by atoms with E-state index in [9.17, 15) is 9.59 Å². The highest BCUT2D eigenvalue weighted by atomic mass is 79.9. The minimum Gasteiger partial charge on any atom is -0.496 e. The van der Waals surface area contributed by atoms with E-state index in [2.05, 4.69) is 31.8 Å². The Morgan fingerprint density at radius 2 is 1.67 bits per heavy atom. The number of aromatic nitrogens is 1. The van der Waals surface area contributed by atoms with Crippen LogP contribution < -0.4 is 15.6 Å². The first kappa shape index (κ1) is 15.0. The van der Waals surface area contributed by atoms with Crippen LogP contribution in [0.2, 0.25) is 0 Å². The monoisotopic (exact) mass is 349 g/mol. The van der Waals surface area contributed by atoms with E-state index in [0.29, 0.717) is 21.3 Å². The third kappa shape index (κ3) is 3.79. The number of methoxy groups -OCH3 is 1. The average Bonchev–Trinajstić information content (AvgIpc) is 2.53. The summed E-state index contributed by atoms with van der Waals surface area (Å²) in [6.07, 6.45) is 2.99. The molecule has 0 bridgehead atoms. The van der Waals surface area contributed by atoms with Gasteiger partial charge in [0.15, 0.2) is 0 Å². The molecule has 1 aromatic carbocycles. The van der Waals surface area contributed by atoms with Crippen LogP contribution in [0.5, 0.6) is 5.75 Å². The van der Waals surface area contributed by atoms with Gasteiger partial charge in [-0.15, -0.1) is 0 Å². The van der Waals surface area contributed by atoms with E-state index in [1.54, 1.807) is 30.3 Å². The standard InChI is InChI=1S/C14H12BrN3O3/c1-21-12-3-2-10(8-11(12)15)14(20)18-17-13(19)9-4-6-16-7-5-9/h2-8H,1H3,(H,17,19)(H,18,20). The molecule has 108 valence electrons.